The zero-order valence-electron chi connectivity index (χ0n) is 18.7. The summed E-state index contributed by atoms with van der Waals surface area (Å²) in [7, 11) is -0.556. The Morgan fingerprint density at radius 3 is 2.41 bits per heavy atom. The van der Waals surface area contributed by atoms with Gasteiger partial charge < -0.3 is 0 Å². The van der Waals surface area contributed by atoms with Gasteiger partial charge in [0.15, 0.2) is 5.13 Å². The molecular weight excluding hydrogens is 477 g/mol. The van der Waals surface area contributed by atoms with Crippen LogP contribution in [0.25, 0.3) is 16.9 Å². The van der Waals surface area contributed by atoms with Gasteiger partial charge in [-0.2, -0.15) is 5.10 Å². The van der Waals surface area contributed by atoms with Gasteiger partial charge in [-0.1, -0.05) is 19.1 Å². The predicted octanol–water partition coefficient (Wildman–Crippen LogP) is 4.20. The predicted molar refractivity (Wildman–Crippen MR) is 129 cm³/mol. The lowest BCUT2D eigenvalue weighted by molar-refractivity contribution is 0.102. The van der Waals surface area contributed by atoms with E-state index in [2.05, 4.69) is 15.4 Å². The molecule has 2 aromatic heterocycles. The number of rotatable bonds is 7. The van der Waals surface area contributed by atoms with Gasteiger partial charge in [0.05, 0.1) is 33.7 Å². The van der Waals surface area contributed by atoms with Gasteiger partial charge in [-0.25, -0.2) is 26.8 Å². The van der Waals surface area contributed by atoms with Crippen LogP contribution in [-0.4, -0.2) is 47.5 Å². The van der Waals surface area contributed by atoms with Gasteiger partial charge in [-0.05, 0) is 42.8 Å². The number of carbonyl (C=O) groups is 1. The number of nitrogens with zero attached hydrogens (tertiary/aromatic N) is 4. The number of hydrogen-bond donors (Lipinski definition) is 1. The van der Waals surface area contributed by atoms with Crippen molar-refractivity contribution in [3.8, 4) is 16.9 Å². The molecule has 1 N–H and O–H groups in total. The molecule has 0 saturated carbocycles. The Morgan fingerprint density at radius 1 is 1.12 bits per heavy atom. The Labute approximate surface area is 200 Å². The van der Waals surface area contributed by atoms with Crippen LogP contribution >= 0.6 is 11.3 Å². The lowest BCUT2D eigenvalue weighted by Crippen LogP contribution is -2.22. The average Bonchev–Trinajstić information content (AvgIpc) is 3.46. The first kappa shape index (κ1) is 23.7. The summed E-state index contributed by atoms with van der Waals surface area (Å²) in [5, 5.41) is 9.30. The molecule has 176 valence electrons. The lowest BCUT2D eigenvalue weighted by Gasteiger charge is -2.11. The molecule has 2 aromatic carbocycles. The number of thiazole rings is 1. The van der Waals surface area contributed by atoms with Crippen LogP contribution in [0.2, 0.25) is 0 Å². The second-order valence-electron chi connectivity index (χ2n) is 7.55. The molecule has 11 heteroatoms. The third kappa shape index (κ3) is 4.63. The Hall–Kier alpha value is -3.41. The fraction of sp³-hybridized carbons (Fsp3) is 0.174. The molecule has 4 aromatic rings. The van der Waals surface area contributed by atoms with Crippen molar-refractivity contribution in [3.05, 3.63) is 77.2 Å². The summed E-state index contributed by atoms with van der Waals surface area (Å²) in [6.45, 7) is 1.91. The fourth-order valence-electron chi connectivity index (χ4n) is 3.35. The lowest BCUT2D eigenvalue weighted by atomic mass is 10.2. The highest BCUT2D eigenvalue weighted by Crippen LogP contribution is 2.27. The summed E-state index contributed by atoms with van der Waals surface area (Å²) < 4.78 is 40.5. The first-order chi connectivity index (χ1) is 16.2. The van der Waals surface area contributed by atoms with Gasteiger partial charge in [0.25, 0.3) is 5.91 Å². The number of nitrogens with one attached hydrogen (secondary N) is 1. The summed E-state index contributed by atoms with van der Waals surface area (Å²) in [5.74, 6) is -0.695. The van der Waals surface area contributed by atoms with E-state index in [4.69, 9.17) is 0 Å². The fourth-order valence-corrected chi connectivity index (χ4v) is 4.96. The standard InChI is InChI=1S/C23H22FN5O3S2/c1-4-21-19(13-25-29(21)17-9-7-16(24)8-10-17)22(30)27-23-26-20(14-33-23)15-5-11-18(12-6-15)34(31,32)28(2)3/h5-14H,4H2,1-3H3,(H,26,27,30). The number of hydrogen-bond acceptors (Lipinski definition) is 6. The molecule has 8 nitrogen and oxygen atoms in total. The number of amides is 1. The van der Waals surface area contributed by atoms with Crippen LogP contribution in [0.4, 0.5) is 9.52 Å². The Kier molecular flexibility index (Phi) is 6.60. The number of halogens is 1. The highest BCUT2D eigenvalue weighted by molar-refractivity contribution is 7.89. The first-order valence-corrected chi connectivity index (χ1v) is 12.7. The van der Waals surface area contributed by atoms with E-state index in [0.717, 1.165) is 9.87 Å². The molecule has 0 spiro atoms. The monoisotopic (exact) mass is 499 g/mol. The van der Waals surface area contributed by atoms with Gasteiger partial charge in [0.2, 0.25) is 10.0 Å². The van der Waals surface area contributed by atoms with Crippen LogP contribution < -0.4 is 5.32 Å². The van der Waals surface area contributed by atoms with Gasteiger partial charge in [-0.3, -0.25) is 10.1 Å². The van der Waals surface area contributed by atoms with Crippen LogP contribution in [0.3, 0.4) is 0 Å². The summed E-state index contributed by atoms with van der Waals surface area (Å²) in [6, 6.07) is 12.3. The van der Waals surface area contributed by atoms with Crippen molar-refractivity contribution in [2.45, 2.75) is 18.2 Å². The molecule has 0 fully saturated rings. The minimum atomic E-state index is -3.51. The minimum Gasteiger partial charge on any atom is -0.298 e. The molecule has 0 saturated heterocycles. The molecule has 0 aliphatic carbocycles. The van der Waals surface area contributed by atoms with Crippen molar-refractivity contribution in [1.29, 1.82) is 0 Å². The van der Waals surface area contributed by atoms with Crippen molar-refractivity contribution in [2.24, 2.45) is 0 Å². The average molecular weight is 500 g/mol. The van der Waals surface area contributed by atoms with Gasteiger partial charge in [-0.15, -0.1) is 11.3 Å². The van der Waals surface area contributed by atoms with E-state index < -0.39 is 10.0 Å². The highest BCUT2D eigenvalue weighted by atomic mass is 32.2. The van der Waals surface area contributed by atoms with Crippen LogP contribution in [0, 0.1) is 5.82 Å². The molecule has 4 rings (SSSR count). The maximum absolute atomic E-state index is 13.3. The molecule has 0 aliphatic rings. The quantitative estimate of drug-likeness (QED) is 0.411. The number of benzene rings is 2. The highest BCUT2D eigenvalue weighted by Gasteiger charge is 2.20. The van der Waals surface area contributed by atoms with Gasteiger partial charge in [0, 0.05) is 25.0 Å². The van der Waals surface area contributed by atoms with E-state index in [1.54, 1.807) is 34.3 Å². The molecule has 0 radical (unpaired) electrons. The summed E-state index contributed by atoms with van der Waals surface area (Å²) in [5.41, 5.74) is 3.11. The van der Waals surface area contributed by atoms with Crippen LogP contribution in [-0.2, 0) is 16.4 Å². The number of aromatic nitrogens is 3. The van der Waals surface area contributed by atoms with Gasteiger partial charge >= 0.3 is 0 Å². The Bertz CT molecular complexity index is 1430. The number of anilines is 1. The molecule has 1 amide bonds. The first-order valence-electron chi connectivity index (χ1n) is 10.3. The summed E-state index contributed by atoms with van der Waals surface area (Å²) >= 11 is 1.26. The van der Waals surface area contributed by atoms with E-state index >= 15 is 0 Å². The zero-order chi connectivity index (χ0) is 24.5. The molecular formula is C23H22FN5O3S2. The van der Waals surface area contributed by atoms with Crippen LogP contribution in [0.15, 0.2) is 65.0 Å². The summed E-state index contributed by atoms with van der Waals surface area (Å²) in [4.78, 5) is 17.6. The third-order valence-electron chi connectivity index (χ3n) is 5.17. The molecule has 34 heavy (non-hydrogen) atoms. The minimum absolute atomic E-state index is 0.190. The largest absolute Gasteiger partial charge is 0.298 e. The smallest absolute Gasteiger partial charge is 0.260 e. The van der Waals surface area contributed by atoms with Crippen LogP contribution in [0.5, 0.6) is 0 Å². The maximum atomic E-state index is 13.3. The molecule has 0 bridgehead atoms. The van der Waals surface area contributed by atoms with Crippen molar-refractivity contribution in [2.75, 3.05) is 19.4 Å². The Balaban J connectivity index is 1.53. The van der Waals surface area contributed by atoms with Crippen LogP contribution in [0.1, 0.15) is 23.0 Å². The van der Waals surface area contributed by atoms with Crippen molar-refractivity contribution < 1.29 is 17.6 Å². The number of carbonyl (C=O) groups excluding carboxylic acids is 1. The molecule has 0 unspecified atom stereocenters. The van der Waals surface area contributed by atoms with E-state index in [0.29, 0.717) is 34.2 Å². The molecule has 2 heterocycles. The molecule has 0 atom stereocenters. The van der Waals surface area contributed by atoms with E-state index in [9.17, 15) is 17.6 Å². The van der Waals surface area contributed by atoms with E-state index in [-0.39, 0.29) is 16.6 Å². The topological polar surface area (TPSA) is 97.2 Å². The second kappa shape index (κ2) is 9.45. The second-order valence-corrected chi connectivity index (χ2v) is 10.6. The van der Waals surface area contributed by atoms with Crippen molar-refractivity contribution in [1.82, 2.24) is 19.1 Å². The van der Waals surface area contributed by atoms with E-state index in [1.165, 1.54) is 55.9 Å². The normalized spacial score (nSPS) is 11.7. The Morgan fingerprint density at radius 2 is 1.79 bits per heavy atom. The van der Waals surface area contributed by atoms with Crippen molar-refractivity contribution in [3.63, 3.8) is 0 Å². The molecule has 0 aliphatic heterocycles. The van der Waals surface area contributed by atoms with Gasteiger partial charge in [0.1, 0.15) is 5.82 Å². The number of sulfonamides is 1. The summed E-state index contributed by atoms with van der Waals surface area (Å²) in [6.07, 6.45) is 2.03. The third-order valence-corrected chi connectivity index (χ3v) is 7.76. The maximum Gasteiger partial charge on any atom is 0.260 e. The van der Waals surface area contributed by atoms with Crippen molar-refractivity contribution >= 4 is 32.4 Å². The SMILES string of the molecule is CCc1c(C(=O)Nc2nc(-c3ccc(S(=O)(=O)N(C)C)cc3)cs2)cnn1-c1ccc(F)cc1. The van der Waals surface area contributed by atoms with E-state index in [1.807, 2.05) is 6.92 Å². The zero-order valence-corrected chi connectivity index (χ0v) is 20.3.